The summed E-state index contributed by atoms with van der Waals surface area (Å²) in [5, 5.41) is 3.44. The van der Waals surface area contributed by atoms with E-state index in [9.17, 15) is 9.18 Å². The van der Waals surface area contributed by atoms with Crippen LogP contribution in [-0.4, -0.2) is 35.0 Å². The molecule has 2 aliphatic heterocycles. The van der Waals surface area contributed by atoms with Crippen LogP contribution in [0.4, 0.5) is 4.39 Å². The number of carbonyl (C=O) groups is 1. The number of nitrogens with one attached hydrogen (secondary N) is 1. The Kier molecular flexibility index (Phi) is 3.45. The fraction of sp³-hybridized carbons (Fsp3) is 0.450. The Labute approximate surface area is 146 Å². The van der Waals surface area contributed by atoms with Crippen LogP contribution in [0.3, 0.4) is 0 Å². The van der Waals surface area contributed by atoms with Crippen LogP contribution < -0.4 is 5.32 Å². The number of benzene rings is 1. The van der Waals surface area contributed by atoms with Crippen LogP contribution in [0.15, 0.2) is 42.6 Å². The van der Waals surface area contributed by atoms with Crippen molar-refractivity contribution in [2.45, 2.75) is 24.9 Å². The fourth-order valence-electron chi connectivity index (χ4n) is 4.64. The van der Waals surface area contributed by atoms with Gasteiger partial charge in [-0.2, -0.15) is 0 Å². The quantitative estimate of drug-likeness (QED) is 0.933. The number of nitrogens with zero attached hydrogens (tertiary/aromatic N) is 2. The number of likely N-dealkylation sites (tertiary alicyclic amines) is 1. The van der Waals surface area contributed by atoms with E-state index < -0.39 is 0 Å². The van der Waals surface area contributed by atoms with Crippen molar-refractivity contribution in [1.82, 2.24) is 14.8 Å². The van der Waals surface area contributed by atoms with E-state index in [0.717, 1.165) is 43.7 Å². The minimum atomic E-state index is -0.235. The molecule has 2 saturated heterocycles. The van der Waals surface area contributed by atoms with Gasteiger partial charge in [0.05, 0.1) is 6.04 Å². The molecule has 1 aromatic heterocycles. The van der Waals surface area contributed by atoms with Gasteiger partial charge in [0.25, 0.3) is 5.91 Å². The summed E-state index contributed by atoms with van der Waals surface area (Å²) in [6, 6.07) is 11.1. The average Bonchev–Trinajstić information content (AvgIpc) is 3.03. The number of halogens is 1. The number of aromatic nitrogens is 1. The zero-order valence-corrected chi connectivity index (χ0v) is 14.1. The number of hydrogen-bond donors (Lipinski definition) is 1. The van der Waals surface area contributed by atoms with Crippen molar-refractivity contribution in [2.75, 3.05) is 19.6 Å². The third kappa shape index (κ3) is 2.49. The summed E-state index contributed by atoms with van der Waals surface area (Å²) < 4.78 is 15.9. The van der Waals surface area contributed by atoms with Crippen molar-refractivity contribution in [3.63, 3.8) is 0 Å². The smallest absolute Gasteiger partial charge is 0.271 e. The highest BCUT2D eigenvalue weighted by Crippen LogP contribution is 2.44. The molecule has 3 heterocycles. The van der Waals surface area contributed by atoms with Crippen LogP contribution in [0.2, 0.25) is 0 Å². The van der Waals surface area contributed by atoms with Gasteiger partial charge in [-0.15, -0.1) is 0 Å². The maximum atomic E-state index is 13.8. The molecule has 3 aliphatic rings. The topological polar surface area (TPSA) is 37.3 Å². The lowest BCUT2D eigenvalue weighted by Crippen LogP contribution is -2.35. The number of carbonyl (C=O) groups excluding carboxylic acids is 1. The number of hydrogen-bond acceptors (Lipinski definition) is 2. The van der Waals surface area contributed by atoms with Crippen molar-refractivity contribution >= 4 is 5.91 Å². The van der Waals surface area contributed by atoms with E-state index in [1.807, 2.05) is 29.3 Å². The van der Waals surface area contributed by atoms with Crippen LogP contribution >= 0.6 is 0 Å². The van der Waals surface area contributed by atoms with Crippen molar-refractivity contribution in [3.05, 3.63) is 59.7 Å². The van der Waals surface area contributed by atoms with Gasteiger partial charge in [0.1, 0.15) is 11.5 Å². The van der Waals surface area contributed by atoms with E-state index in [4.69, 9.17) is 0 Å². The molecule has 3 atom stereocenters. The van der Waals surface area contributed by atoms with Crippen LogP contribution in [0.1, 0.15) is 41.0 Å². The Morgan fingerprint density at radius 3 is 2.84 bits per heavy atom. The highest BCUT2D eigenvalue weighted by Gasteiger charge is 2.47. The Morgan fingerprint density at radius 2 is 2.04 bits per heavy atom. The predicted molar refractivity (Wildman–Crippen MR) is 92.7 cm³/mol. The molecule has 1 saturated carbocycles. The van der Waals surface area contributed by atoms with E-state index in [1.165, 1.54) is 6.07 Å². The molecule has 1 aromatic carbocycles. The van der Waals surface area contributed by atoms with E-state index in [2.05, 4.69) is 9.88 Å². The second-order valence-electron chi connectivity index (χ2n) is 7.57. The number of amides is 1. The lowest BCUT2D eigenvalue weighted by Gasteiger charge is -2.29. The molecule has 3 fully saturated rings. The molecule has 0 radical (unpaired) electrons. The van der Waals surface area contributed by atoms with Crippen molar-refractivity contribution in [1.29, 1.82) is 0 Å². The van der Waals surface area contributed by atoms with Gasteiger partial charge in [-0.1, -0.05) is 12.1 Å². The first kappa shape index (κ1) is 15.1. The highest BCUT2D eigenvalue weighted by molar-refractivity contribution is 5.93. The molecule has 1 aliphatic carbocycles. The largest absolute Gasteiger partial charge is 0.340 e. The molecule has 2 aromatic rings. The summed E-state index contributed by atoms with van der Waals surface area (Å²) in [6.45, 7) is 2.57. The van der Waals surface area contributed by atoms with Gasteiger partial charge in [0.2, 0.25) is 0 Å². The zero-order chi connectivity index (χ0) is 17.0. The van der Waals surface area contributed by atoms with E-state index in [-0.39, 0.29) is 17.8 Å². The minimum absolute atomic E-state index is 0.0502. The van der Waals surface area contributed by atoms with E-state index in [1.54, 1.807) is 12.1 Å². The molecular formula is C20H22FN3O. The molecule has 130 valence electrons. The number of rotatable bonds is 3. The SMILES string of the molecule is O=C(c1cccn1C1CC1)N1C[C@@H]2CNC[C@@H]2[C@H]1c1cccc(F)c1. The van der Waals surface area contributed by atoms with Gasteiger partial charge in [-0.25, -0.2) is 4.39 Å². The lowest BCUT2D eigenvalue weighted by atomic mass is 9.89. The standard InChI is InChI=1S/C20H22FN3O/c21-15-4-1-3-13(9-15)19-17-11-22-10-14(17)12-24(19)20(25)18-5-2-8-23(18)16-6-7-16/h1-5,8-9,14,16-17,19,22H,6-7,10-12H2/t14-,17-,19+/m0/s1. The summed E-state index contributed by atoms with van der Waals surface area (Å²) in [5.41, 5.74) is 1.69. The maximum absolute atomic E-state index is 13.8. The van der Waals surface area contributed by atoms with Crippen molar-refractivity contribution in [3.8, 4) is 0 Å². The molecule has 1 N–H and O–H groups in total. The minimum Gasteiger partial charge on any atom is -0.340 e. The normalized spacial score (nSPS) is 28.4. The lowest BCUT2D eigenvalue weighted by molar-refractivity contribution is 0.0702. The van der Waals surface area contributed by atoms with E-state index in [0.29, 0.717) is 17.9 Å². The highest BCUT2D eigenvalue weighted by atomic mass is 19.1. The molecule has 0 bridgehead atoms. The van der Waals surface area contributed by atoms with Gasteiger partial charge in [0.15, 0.2) is 0 Å². The molecule has 0 spiro atoms. The zero-order valence-electron chi connectivity index (χ0n) is 14.1. The van der Waals surface area contributed by atoms with Crippen LogP contribution in [0.25, 0.3) is 0 Å². The molecule has 4 nitrogen and oxygen atoms in total. The van der Waals surface area contributed by atoms with Gasteiger partial charge in [-0.3, -0.25) is 4.79 Å². The summed E-state index contributed by atoms with van der Waals surface area (Å²) in [4.78, 5) is 15.3. The van der Waals surface area contributed by atoms with Gasteiger partial charge in [0, 0.05) is 37.8 Å². The molecular weight excluding hydrogens is 317 g/mol. The summed E-state index contributed by atoms with van der Waals surface area (Å²) in [6.07, 6.45) is 4.31. The first-order valence-corrected chi connectivity index (χ1v) is 9.16. The first-order valence-electron chi connectivity index (χ1n) is 9.16. The Balaban J connectivity index is 1.52. The van der Waals surface area contributed by atoms with Crippen LogP contribution in [0, 0.1) is 17.7 Å². The summed E-state index contributed by atoms with van der Waals surface area (Å²) in [5.74, 6) is 0.651. The average molecular weight is 339 g/mol. The molecule has 5 rings (SSSR count). The third-order valence-electron chi connectivity index (χ3n) is 5.95. The third-order valence-corrected chi connectivity index (χ3v) is 5.95. The van der Waals surface area contributed by atoms with Crippen molar-refractivity contribution in [2.24, 2.45) is 11.8 Å². The molecule has 1 amide bonds. The summed E-state index contributed by atoms with van der Waals surface area (Å²) in [7, 11) is 0. The molecule has 5 heteroatoms. The number of fused-ring (bicyclic) bond motifs is 1. The summed E-state index contributed by atoms with van der Waals surface area (Å²) >= 11 is 0. The molecule has 0 unspecified atom stereocenters. The Morgan fingerprint density at radius 1 is 1.16 bits per heavy atom. The van der Waals surface area contributed by atoms with Gasteiger partial charge < -0.3 is 14.8 Å². The van der Waals surface area contributed by atoms with Gasteiger partial charge in [-0.05, 0) is 48.6 Å². The first-order chi connectivity index (χ1) is 12.2. The van der Waals surface area contributed by atoms with Crippen molar-refractivity contribution < 1.29 is 9.18 Å². The second kappa shape index (κ2) is 5.70. The van der Waals surface area contributed by atoms with Gasteiger partial charge >= 0.3 is 0 Å². The van der Waals surface area contributed by atoms with E-state index >= 15 is 0 Å². The van der Waals surface area contributed by atoms with Crippen LogP contribution in [-0.2, 0) is 0 Å². The Bertz CT molecular complexity index is 813. The monoisotopic (exact) mass is 339 g/mol. The Hall–Kier alpha value is -2.14. The predicted octanol–water partition coefficient (Wildman–Crippen LogP) is 2.99. The molecule has 25 heavy (non-hydrogen) atoms. The second-order valence-corrected chi connectivity index (χ2v) is 7.57. The van der Waals surface area contributed by atoms with Crippen LogP contribution in [0.5, 0.6) is 0 Å². The maximum Gasteiger partial charge on any atom is 0.271 e. The fourth-order valence-corrected chi connectivity index (χ4v) is 4.64.